The molecule has 2 aromatic heterocycles. The van der Waals surface area contributed by atoms with E-state index in [1.54, 1.807) is 18.2 Å². The molecule has 12 nitrogen and oxygen atoms in total. The number of halogens is 3. The molecular weight excluding hydrogens is 477 g/mol. The minimum absolute atomic E-state index is 0.0422. The molecule has 2 heterocycles. The first kappa shape index (κ1) is 22.5. The number of carbonyl (C=O) groups excluding carboxylic acids is 1. The Bertz CT molecular complexity index is 1210. The van der Waals surface area contributed by atoms with Crippen LogP contribution in [0.4, 0.5) is 17.3 Å². The van der Waals surface area contributed by atoms with Crippen LogP contribution in [0.3, 0.4) is 0 Å². The highest BCUT2D eigenvalue weighted by Crippen LogP contribution is 2.29. The van der Waals surface area contributed by atoms with Crippen molar-refractivity contribution in [2.45, 2.75) is 20.0 Å². The second kappa shape index (κ2) is 8.88. The Kier molecular flexibility index (Phi) is 6.43. The quantitative estimate of drug-likeness (QED) is 0.391. The van der Waals surface area contributed by atoms with Gasteiger partial charge in [0.1, 0.15) is 17.3 Å². The molecule has 162 valence electrons. The van der Waals surface area contributed by atoms with Gasteiger partial charge in [-0.15, -0.1) is 0 Å². The van der Waals surface area contributed by atoms with E-state index in [-0.39, 0.29) is 16.5 Å². The van der Waals surface area contributed by atoms with Crippen LogP contribution in [0.2, 0.25) is 15.1 Å². The van der Waals surface area contributed by atoms with E-state index in [1.165, 1.54) is 17.8 Å². The number of nitrogens with one attached hydrogen (secondary N) is 1. The summed E-state index contributed by atoms with van der Waals surface area (Å²) in [4.78, 5) is 32.5. The summed E-state index contributed by atoms with van der Waals surface area (Å²) in [5, 5.41) is 33.2. The smallest absolute Gasteiger partial charge is 0.358 e. The SMILES string of the molecule is Cc1c([N+](=O)[O-])c([N+](=O)[O-])nn1CC(=O)Nc1nn(Cc2ccc(Cl)c(Cl)c2)cc1Cl. The maximum absolute atomic E-state index is 12.3. The van der Waals surface area contributed by atoms with Crippen molar-refractivity contribution in [2.75, 3.05) is 5.32 Å². The molecule has 0 spiro atoms. The zero-order valence-corrected chi connectivity index (χ0v) is 17.8. The van der Waals surface area contributed by atoms with E-state index in [9.17, 15) is 25.0 Å². The summed E-state index contributed by atoms with van der Waals surface area (Å²) in [5.74, 6) is -1.59. The van der Waals surface area contributed by atoms with Gasteiger partial charge in [0.15, 0.2) is 5.82 Å². The molecule has 0 bridgehead atoms. The van der Waals surface area contributed by atoms with E-state index in [0.717, 1.165) is 10.2 Å². The second-order valence-electron chi connectivity index (χ2n) is 6.25. The molecule has 31 heavy (non-hydrogen) atoms. The van der Waals surface area contributed by atoms with E-state index in [2.05, 4.69) is 15.5 Å². The molecule has 15 heteroatoms. The van der Waals surface area contributed by atoms with Gasteiger partial charge >= 0.3 is 11.5 Å². The normalized spacial score (nSPS) is 10.8. The molecular formula is C16H12Cl3N7O5. The van der Waals surface area contributed by atoms with Crippen LogP contribution in [0.15, 0.2) is 24.4 Å². The van der Waals surface area contributed by atoms with E-state index in [1.807, 2.05) is 0 Å². The first-order valence-corrected chi connectivity index (χ1v) is 9.53. The van der Waals surface area contributed by atoms with Gasteiger partial charge in [0.25, 0.3) is 0 Å². The zero-order valence-electron chi connectivity index (χ0n) is 15.6. The van der Waals surface area contributed by atoms with Crippen molar-refractivity contribution in [1.82, 2.24) is 19.6 Å². The average Bonchev–Trinajstić information content (AvgIpc) is 3.18. The molecule has 0 unspecified atom stereocenters. The Balaban J connectivity index is 1.74. The predicted octanol–water partition coefficient (Wildman–Crippen LogP) is 3.85. The van der Waals surface area contributed by atoms with Gasteiger partial charge in [-0.2, -0.15) is 9.78 Å². The van der Waals surface area contributed by atoms with E-state index < -0.39 is 33.8 Å². The fourth-order valence-corrected chi connectivity index (χ4v) is 3.23. The third-order valence-electron chi connectivity index (χ3n) is 4.11. The average molecular weight is 489 g/mol. The second-order valence-corrected chi connectivity index (χ2v) is 7.47. The van der Waals surface area contributed by atoms with Crippen molar-refractivity contribution in [3.05, 3.63) is 70.9 Å². The monoisotopic (exact) mass is 487 g/mol. The number of hydrogen-bond donors (Lipinski definition) is 1. The highest BCUT2D eigenvalue weighted by molar-refractivity contribution is 6.42. The van der Waals surface area contributed by atoms with Crippen molar-refractivity contribution in [3.63, 3.8) is 0 Å². The van der Waals surface area contributed by atoms with E-state index >= 15 is 0 Å². The summed E-state index contributed by atoms with van der Waals surface area (Å²) in [5.41, 5.74) is -0.122. The van der Waals surface area contributed by atoms with E-state index in [4.69, 9.17) is 34.8 Å². The Hall–Kier alpha value is -3.22. The number of nitro groups is 2. The Labute approximate surface area is 188 Å². The summed E-state index contributed by atoms with van der Waals surface area (Å²) < 4.78 is 2.33. The molecule has 1 aromatic carbocycles. The highest BCUT2D eigenvalue weighted by Gasteiger charge is 2.35. The highest BCUT2D eigenvalue weighted by atomic mass is 35.5. The Morgan fingerprint density at radius 2 is 1.81 bits per heavy atom. The third kappa shape index (κ3) is 4.93. The van der Waals surface area contributed by atoms with E-state index in [0.29, 0.717) is 16.6 Å². The summed E-state index contributed by atoms with van der Waals surface area (Å²) in [6.07, 6.45) is 1.48. The molecule has 1 N–H and O–H groups in total. The molecule has 0 atom stereocenters. The van der Waals surface area contributed by atoms with Crippen molar-refractivity contribution in [2.24, 2.45) is 0 Å². The van der Waals surface area contributed by atoms with Crippen LogP contribution >= 0.6 is 34.8 Å². The summed E-state index contributed by atoms with van der Waals surface area (Å²) in [6, 6.07) is 5.05. The lowest BCUT2D eigenvalue weighted by Crippen LogP contribution is -2.21. The molecule has 0 saturated heterocycles. The number of anilines is 1. The van der Waals surface area contributed by atoms with Crippen LogP contribution in [0.1, 0.15) is 11.3 Å². The first-order chi connectivity index (χ1) is 14.6. The zero-order chi connectivity index (χ0) is 22.9. The van der Waals surface area contributed by atoms with Crippen LogP contribution in [-0.2, 0) is 17.9 Å². The van der Waals surface area contributed by atoms with Gasteiger partial charge in [0.2, 0.25) is 5.91 Å². The molecule has 0 aliphatic rings. The molecule has 0 fully saturated rings. The van der Waals surface area contributed by atoms with Gasteiger partial charge < -0.3 is 15.4 Å². The van der Waals surface area contributed by atoms with Crippen LogP contribution in [-0.4, -0.2) is 35.3 Å². The largest absolute Gasteiger partial charge is 0.468 e. The summed E-state index contributed by atoms with van der Waals surface area (Å²) in [7, 11) is 0. The topological polar surface area (TPSA) is 151 Å². The maximum atomic E-state index is 12.3. The molecule has 0 aliphatic heterocycles. The lowest BCUT2D eigenvalue weighted by Gasteiger charge is -2.04. The fraction of sp³-hybridized carbons (Fsp3) is 0.188. The number of carbonyl (C=O) groups is 1. The standard InChI is InChI=1S/C16H12Cl3N7O5/c1-8-14(25(28)29)16(26(30)31)22-24(8)7-13(27)20-15-12(19)6-23(21-15)5-9-2-3-10(17)11(18)4-9/h2-4,6H,5,7H2,1H3,(H,20,21,27). The maximum Gasteiger partial charge on any atom is 0.468 e. The van der Waals surface area contributed by atoms with Crippen molar-refractivity contribution < 1.29 is 14.6 Å². The molecule has 3 rings (SSSR count). The first-order valence-electron chi connectivity index (χ1n) is 8.39. The molecule has 0 aliphatic carbocycles. The minimum atomic E-state index is -0.985. The van der Waals surface area contributed by atoms with Crippen molar-refractivity contribution in [1.29, 1.82) is 0 Å². The molecule has 0 saturated carbocycles. The van der Waals surface area contributed by atoms with Gasteiger partial charge in [0.05, 0.1) is 26.6 Å². The van der Waals surface area contributed by atoms with Crippen LogP contribution in [0, 0.1) is 27.2 Å². The molecule has 1 amide bonds. The number of hydrogen-bond acceptors (Lipinski definition) is 7. The Morgan fingerprint density at radius 3 is 2.39 bits per heavy atom. The van der Waals surface area contributed by atoms with Gasteiger partial charge in [0, 0.05) is 6.20 Å². The lowest BCUT2D eigenvalue weighted by atomic mass is 10.2. The minimum Gasteiger partial charge on any atom is -0.358 e. The lowest BCUT2D eigenvalue weighted by molar-refractivity contribution is -0.424. The summed E-state index contributed by atoms with van der Waals surface area (Å²) in [6.45, 7) is 1.03. The van der Waals surface area contributed by atoms with Gasteiger partial charge in [-0.3, -0.25) is 19.6 Å². The van der Waals surface area contributed by atoms with Crippen molar-refractivity contribution in [3.8, 4) is 0 Å². The van der Waals surface area contributed by atoms with Gasteiger partial charge in [-0.25, -0.2) is 0 Å². The Morgan fingerprint density at radius 1 is 1.10 bits per heavy atom. The number of aromatic nitrogens is 4. The van der Waals surface area contributed by atoms with Crippen LogP contribution in [0.25, 0.3) is 0 Å². The summed E-state index contributed by atoms with van der Waals surface area (Å²) >= 11 is 18.0. The number of benzene rings is 1. The third-order valence-corrected chi connectivity index (χ3v) is 5.13. The molecule has 0 radical (unpaired) electrons. The predicted molar refractivity (Wildman–Crippen MR) is 112 cm³/mol. The van der Waals surface area contributed by atoms with Crippen LogP contribution < -0.4 is 5.32 Å². The fourth-order valence-electron chi connectivity index (χ4n) is 2.71. The number of rotatable bonds is 7. The van der Waals surface area contributed by atoms with Crippen molar-refractivity contribution >= 4 is 58.0 Å². The number of amides is 1. The van der Waals surface area contributed by atoms with Gasteiger partial charge in [-0.1, -0.05) is 40.9 Å². The number of nitrogens with zero attached hydrogens (tertiary/aromatic N) is 6. The molecule has 3 aromatic rings. The van der Waals surface area contributed by atoms with Gasteiger partial charge in [-0.05, 0) is 29.5 Å². The van der Waals surface area contributed by atoms with Crippen LogP contribution in [0.5, 0.6) is 0 Å².